The van der Waals surface area contributed by atoms with Gasteiger partial charge in [-0.1, -0.05) is 0 Å². The lowest BCUT2D eigenvalue weighted by molar-refractivity contribution is 0.0713. The van der Waals surface area contributed by atoms with Crippen LogP contribution in [-0.4, -0.2) is 33.4 Å². The van der Waals surface area contributed by atoms with Crippen molar-refractivity contribution in [2.45, 2.75) is 33.7 Å². The molecule has 0 saturated heterocycles. The van der Waals surface area contributed by atoms with Gasteiger partial charge in [0.25, 0.3) is 5.91 Å². The number of rotatable bonds is 5. The van der Waals surface area contributed by atoms with E-state index in [1.165, 1.54) is 30.6 Å². The Bertz CT molecular complexity index is 687. The molecule has 0 spiro atoms. The van der Waals surface area contributed by atoms with Crippen molar-refractivity contribution in [1.29, 1.82) is 0 Å². The summed E-state index contributed by atoms with van der Waals surface area (Å²) in [7, 11) is 0. The Kier molecular flexibility index (Phi) is 5.26. The molecule has 0 aliphatic carbocycles. The summed E-state index contributed by atoms with van der Waals surface area (Å²) in [4.78, 5) is 22.4. The van der Waals surface area contributed by atoms with Gasteiger partial charge in [-0.2, -0.15) is 0 Å². The molecule has 0 saturated carbocycles. The van der Waals surface area contributed by atoms with Crippen LogP contribution in [0.4, 0.5) is 4.39 Å². The van der Waals surface area contributed by atoms with Gasteiger partial charge in [0.15, 0.2) is 5.75 Å². The first kappa shape index (κ1) is 16.9. The van der Waals surface area contributed by atoms with Crippen LogP contribution in [0.2, 0.25) is 0 Å². The Balaban J connectivity index is 2.37. The second kappa shape index (κ2) is 7.17. The van der Waals surface area contributed by atoms with E-state index in [-0.39, 0.29) is 23.3 Å². The standard InChI is InChI=1S/C17H20FN3O2/c1-5-21(11(2)3)17(22)15-8-13(18)6-7-16(15)23-14-9-19-12(4)20-10-14/h6-11H,5H2,1-4H3. The second-order valence-electron chi connectivity index (χ2n) is 5.39. The molecule has 0 radical (unpaired) electrons. The number of hydrogen-bond donors (Lipinski definition) is 0. The van der Waals surface area contributed by atoms with Gasteiger partial charge in [-0.15, -0.1) is 0 Å². The molecule has 1 aromatic heterocycles. The minimum atomic E-state index is -0.485. The number of hydrogen-bond acceptors (Lipinski definition) is 4. The summed E-state index contributed by atoms with van der Waals surface area (Å²) in [5.41, 5.74) is 0.182. The number of nitrogens with zero attached hydrogens (tertiary/aromatic N) is 3. The number of ether oxygens (including phenoxy) is 1. The van der Waals surface area contributed by atoms with E-state index in [0.717, 1.165) is 0 Å². The molecule has 0 aliphatic rings. The van der Waals surface area contributed by atoms with Gasteiger partial charge >= 0.3 is 0 Å². The van der Waals surface area contributed by atoms with E-state index >= 15 is 0 Å². The molecule has 5 nitrogen and oxygen atoms in total. The van der Waals surface area contributed by atoms with Crippen LogP contribution in [0.15, 0.2) is 30.6 Å². The molecule has 0 fully saturated rings. The molecular weight excluding hydrogens is 297 g/mol. The summed E-state index contributed by atoms with van der Waals surface area (Å²) in [5.74, 6) is 0.530. The van der Waals surface area contributed by atoms with Crippen LogP contribution < -0.4 is 4.74 Å². The van der Waals surface area contributed by atoms with Crippen LogP contribution in [0.3, 0.4) is 0 Å². The summed E-state index contributed by atoms with van der Waals surface area (Å²) in [6, 6.07) is 3.90. The number of aromatic nitrogens is 2. The lowest BCUT2D eigenvalue weighted by Crippen LogP contribution is -2.36. The lowest BCUT2D eigenvalue weighted by Gasteiger charge is -2.26. The number of carbonyl (C=O) groups is 1. The first-order chi connectivity index (χ1) is 10.9. The van der Waals surface area contributed by atoms with E-state index in [2.05, 4.69) is 9.97 Å². The van der Waals surface area contributed by atoms with Gasteiger partial charge in [0.05, 0.1) is 18.0 Å². The van der Waals surface area contributed by atoms with Crippen molar-refractivity contribution >= 4 is 5.91 Å². The average Bonchev–Trinajstić information content (AvgIpc) is 2.51. The zero-order chi connectivity index (χ0) is 17.0. The van der Waals surface area contributed by atoms with E-state index in [1.54, 1.807) is 11.8 Å². The molecule has 0 bridgehead atoms. The van der Waals surface area contributed by atoms with Crippen LogP contribution in [0.1, 0.15) is 37.0 Å². The highest BCUT2D eigenvalue weighted by atomic mass is 19.1. The lowest BCUT2D eigenvalue weighted by atomic mass is 10.1. The minimum absolute atomic E-state index is 0.00586. The number of aryl methyl sites for hydroxylation is 1. The molecule has 6 heteroatoms. The van der Waals surface area contributed by atoms with Crippen molar-refractivity contribution in [3.05, 3.63) is 47.8 Å². The summed E-state index contributed by atoms with van der Waals surface area (Å²) in [5, 5.41) is 0. The predicted molar refractivity (Wildman–Crippen MR) is 85.1 cm³/mol. The molecule has 1 amide bonds. The van der Waals surface area contributed by atoms with Crippen LogP contribution in [0.5, 0.6) is 11.5 Å². The van der Waals surface area contributed by atoms with Crippen molar-refractivity contribution in [2.24, 2.45) is 0 Å². The normalized spacial score (nSPS) is 10.7. The topological polar surface area (TPSA) is 55.3 Å². The SMILES string of the molecule is CCN(C(=O)c1cc(F)ccc1Oc1cnc(C)nc1)C(C)C. The zero-order valence-corrected chi connectivity index (χ0v) is 13.7. The fourth-order valence-corrected chi connectivity index (χ4v) is 2.22. The van der Waals surface area contributed by atoms with Gasteiger partial charge in [0.2, 0.25) is 0 Å². The van der Waals surface area contributed by atoms with E-state index in [4.69, 9.17) is 4.74 Å². The molecule has 0 atom stereocenters. The van der Waals surface area contributed by atoms with Crippen LogP contribution in [0.25, 0.3) is 0 Å². The number of amides is 1. The second-order valence-corrected chi connectivity index (χ2v) is 5.39. The van der Waals surface area contributed by atoms with Crippen molar-refractivity contribution in [3.8, 4) is 11.5 Å². The quantitative estimate of drug-likeness (QED) is 0.845. The Morgan fingerprint density at radius 2 is 1.96 bits per heavy atom. The van der Waals surface area contributed by atoms with Crippen LogP contribution in [0, 0.1) is 12.7 Å². The Morgan fingerprint density at radius 3 is 2.52 bits per heavy atom. The molecule has 1 heterocycles. The number of halogens is 1. The molecule has 2 rings (SSSR count). The first-order valence-electron chi connectivity index (χ1n) is 7.49. The highest BCUT2D eigenvalue weighted by molar-refractivity contribution is 5.97. The summed E-state index contributed by atoms with van der Waals surface area (Å²) >= 11 is 0. The molecule has 0 aliphatic heterocycles. The van der Waals surface area contributed by atoms with Gasteiger partial charge in [0, 0.05) is 12.6 Å². The number of carbonyl (C=O) groups excluding carboxylic acids is 1. The average molecular weight is 317 g/mol. The van der Waals surface area contributed by atoms with Gasteiger partial charge in [0.1, 0.15) is 17.4 Å². The zero-order valence-electron chi connectivity index (χ0n) is 13.7. The maximum Gasteiger partial charge on any atom is 0.257 e. The molecule has 0 N–H and O–H groups in total. The minimum Gasteiger partial charge on any atom is -0.453 e. The van der Waals surface area contributed by atoms with Gasteiger partial charge in [-0.25, -0.2) is 14.4 Å². The predicted octanol–water partition coefficient (Wildman–Crippen LogP) is 3.59. The Hall–Kier alpha value is -2.50. The number of benzene rings is 1. The molecule has 1 aromatic carbocycles. The van der Waals surface area contributed by atoms with Crippen LogP contribution in [-0.2, 0) is 0 Å². The summed E-state index contributed by atoms with van der Waals surface area (Å²) in [6.45, 7) is 7.99. The highest BCUT2D eigenvalue weighted by Crippen LogP contribution is 2.27. The Morgan fingerprint density at radius 1 is 1.30 bits per heavy atom. The van der Waals surface area contributed by atoms with Crippen LogP contribution >= 0.6 is 0 Å². The first-order valence-corrected chi connectivity index (χ1v) is 7.49. The fourth-order valence-electron chi connectivity index (χ4n) is 2.22. The third-order valence-corrected chi connectivity index (χ3v) is 3.38. The molecule has 0 unspecified atom stereocenters. The fraction of sp³-hybridized carbons (Fsp3) is 0.353. The van der Waals surface area contributed by atoms with E-state index < -0.39 is 5.82 Å². The molecule has 23 heavy (non-hydrogen) atoms. The van der Waals surface area contributed by atoms with E-state index in [0.29, 0.717) is 18.1 Å². The van der Waals surface area contributed by atoms with Gasteiger partial charge in [-0.3, -0.25) is 4.79 Å². The monoisotopic (exact) mass is 317 g/mol. The Labute approximate surface area is 135 Å². The van der Waals surface area contributed by atoms with Gasteiger partial charge in [-0.05, 0) is 45.9 Å². The van der Waals surface area contributed by atoms with E-state index in [9.17, 15) is 9.18 Å². The van der Waals surface area contributed by atoms with Crippen molar-refractivity contribution in [3.63, 3.8) is 0 Å². The van der Waals surface area contributed by atoms with Crippen molar-refractivity contribution < 1.29 is 13.9 Å². The maximum atomic E-state index is 13.6. The summed E-state index contributed by atoms with van der Waals surface area (Å²) in [6.07, 6.45) is 3.03. The van der Waals surface area contributed by atoms with Gasteiger partial charge < -0.3 is 9.64 Å². The third kappa shape index (κ3) is 4.03. The summed E-state index contributed by atoms with van der Waals surface area (Å²) < 4.78 is 19.3. The smallest absolute Gasteiger partial charge is 0.257 e. The van der Waals surface area contributed by atoms with Crippen molar-refractivity contribution in [2.75, 3.05) is 6.54 Å². The molecular formula is C17H20FN3O2. The third-order valence-electron chi connectivity index (χ3n) is 3.38. The maximum absolute atomic E-state index is 13.6. The molecule has 122 valence electrons. The molecule has 2 aromatic rings. The largest absolute Gasteiger partial charge is 0.453 e. The highest BCUT2D eigenvalue weighted by Gasteiger charge is 2.22. The van der Waals surface area contributed by atoms with Crippen molar-refractivity contribution in [1.82, 2.24) is 14.9 Å². The van der Waals surface area contributed by atoms with E-state index in [1.807, 2.05) is 20.8 Å².